The molecule has 0 aliphatic carbocycles. The summed E-state index contributed by atoms with van der Waals surface area (Å²) in [6.07, 6.45) is 1.37. The number of rotatable bonds is 6. The van der Waals surface area contributed by atoms with E-state index in [0.29, 0.717) is 31.7 Å². The van der Waals surface area contributed by atoms with E-state index in [1.807, 2.05) is 0 Å². The first-order chi connectivity index (χ1) is 9.69. The van der Waals surface area contributed by atoms with E-state index in [4.69, 9.17) is 4.74 Å². The van der Waals surface area contributed by atoms with Gasteiger partial charge in [-0.05, 0) is 13.3 Å². The maximum absolute atomic E-state index is 9.34. The van der Waals surface area contributed by atoms with Crippen molar-refractivity contribution in [2.75, 3.05) is 43.1 Å². The van der Waals surface area contributed by atoms with Gasteiger partial charge in [0.1, 0.15) is 5.82 Å². The van der Waals surface area contributed by atoms with Crippen LogP contribution in [-0.2, 0) is 11.2 Å². The molecule has 0 bridgehead atoms. The summed E-state index contributed by atoms with van der Waals surface area (Å²) in [5.74, 6) is 2.02. The summed E-state index contributed by atoms with van der Waals surface area (Å²) < 4.78 is 5.35. The normalized spacial score (nSPS) is 17.1. The van der Waals surface area contributed by atoms with Gasteiger partial charge in [-0.1, -0.05) is 6.92 Å². The summed E-state index contributed by atoms with van der Waals surface area (Å²) in [4.78, 5) is 15.5. The number of aliphatic hydroxyl groups is 1. The van der Waals surface area contributed by atoms with Crippen molar-refractivity contribution >= 4 is 11.9 Å². The molecule has 2 N–H and O–H groups in total. The Morgan fingerprint density at radius 3 is 2.70 bits per heavy atom. The van der Waals surface area contributed by atoms with Crippen LogP contribution in [0.15, 0.2) is 0 Å². The van der Waals surface area contributed by atoms with Crippen molar-refractivity contribution in [1.82, 2.24) is 15.0 Å². The number of hydrogen-bond donors (Lipinski definition) is 2. The van der Waals surface area contributed by atoms with Crippen LogP contribution >= 0.6 is 0 Å². The zero-order valence-corrected chi connectivity index (χ0v) is 12.2. The zero-order valence-electron chi connectivity index (χ0n) is 12.2. The molecule has 0 radical (unpaired) electrons. The van der Waals surface area contributed by atoms with Crippen LogP contribution in [0.5, 0.6) is 0 Å². The average molecular weight is 281 g/mol. The Bertz CT molecular complexity index is 421. The van der Waals surface area contributed by atoms with Gasteiger partial charge in [0, 0.05) is 26.1 Å². The van der Waals surface area contributed by atoms with Crippen LogP contribution in [0.3, 0.4) is 0 Å². The van der Waals surface area contributed by atoms with Gasteiger partial charge in [-0.3, -0.25) is 0 Å². The van der Waals surface area contributed by atoms with E-state index < -0.39 is 6.10 Å². The van der Waals surface area contributed by atoms with Crippen molar-refractivity contribution in [3.05, 3.63) is 5.82 Å². The van der Waals surface area contributed by atoms with Crippen LogP contribution in [0.25, 0.3) is 0 Å². The smallest absolute Gasteiger partial charge is 0.230 e. The SMILES string of the molecule is CCCc1nc(NC[C@@H](C)O)nc(N2CCOCC2)n1. The maximum atomic E-state index is 9.34. The van der Waals surface area contributed by atoms with Crippen LogP contribution in [0.2, 0.25) is 0 Å². The molecule has 1 saturated heterocycles. The fraction of sp³-hybridized carbons (Fsp3) is 0.769. The Kier molecular flexibility index (Phi) is 5.49. The number of nitrogens with one attached hydrogen (secondary N) is 1. The monoisotopic (exact) mass is 281 g/mol. The van der Waals surface area contributed by atoms with Gasteiger partial charge in [-0.2, -0.15) is 15.0 Å². The predicted octanol–water partition coefficient (Wildman–Crippen LogP) is 0.453. The standard InChI is InChI=1S/C13H23N5O2/c1-3-4-11-15-12(14-9-10(2)19)17-13(16-11)18-5-7-20-8-6-18/h10,19H,3-9H2,1-2H3,(H,14,15,16,17)/t10-/m1/s1. The lowest BCUT2D eigenvalue weighted by Crippen LogP contribution is -2.37. The first kappa shape index (κ1) is 14.9. The van der Waals surface area contributed by atoms with Gasteiger partial charge in [-0.15, -0.1) is 0 Å². The van der Waals surface area contributed by atoms with E-state index >= 15 is 0 Å². The Labute approximate surface area is 119 Å². The van der Waals surface area contributed by atoms with Gasteiger partial charge in [0.05, 0.1) is 19.3 Å². The fourth-order valence-electron chi connectivity index (χ4n) is 1.97. The van der Waals surface area contributed by atoms with Gasteiger partial charge >= 0.3 is 0 Å². The van der Waals surface area contributed by atoms with Gasteiger partial charge in [0.15, 0.2) is 0 Å². The molecule has 2 heterocycles. The number of ether oxygens (including phenoxy) is 1. The van der Waals surface area contributed by atoms with Crippen LogP contribution in [0.4, 0.5) is 11.9 Å². The third-order valence-electron chi connectivity index (χ3n) is 2.99. The molecule has 7 nitrogen and oxygen atoms in total. The quantitative estimate of drug-likeness (QED) is 0.783. The molecule has 112 valence electrons. The van der Waals surface area contributed by atoms with Crippen molar-refractivity contribution in [2.24, 2.45) is 0 Å². The molecular weight excluding hydrogens is 258 g/mol. The molecule has 2 rings (SSSR count). The molecule has 0 saturated carbocycles. The predicted molar refractivity (Wildman–Crippen MR) is 77.0 cm³/mol. The summed E-state index contributed by atoms with van der Waals surface area (Å²) in [5.41, 5.74) is 0. The highest BCUT2D eigenvalue weighted by atomic mass is 16.5. The Hall–Kier alpha value is -1.47. The lowest BCUT2D eigenvalue weighted by molar-refractivity contribution is 0.122. The second-order valence-corrected chi connectivity index (χ2v) is 4.95. The van der Waals surface area contributed by atoms with Gasteiger partial charge in [0.2, 0.25) is 11.9 Å². The number of anilines is 2. The molecule has 1 aliphatic rings. The number of nitrogens with zero attached hydrogens (tertiary/aromatic N) is 4. The van der Waals surface area contributed by atoms with Crippen molar-refractivity contribution in [3.8, 4) is 0 Å². The van der Waals surface area contributed by atoms with E-state index in [-0.39, 0.29) is 0 Å². The van der Waals surface area contributed by atoms with E-state index in [1.165, 1.54) is 0 Å². The van der Waals surface area contributed by atoms with Gasteiger partial charge in [0.25, 0.3) is 0 Å². The largest absolute Gasteiger partial charge is 0.392 e. The molecule has 1 atom stereocenters. The van der Waals surface area contributed by atoms with Crippen molar-refractivity contribution in [1.29, 1.82) is 0 Å². The Morgan fingerprint density at radius 2 is 2.05 bits per heavy atom. The molecule has 0 spiro atoms. The van der Waals surface area contributed by atoms with E-state index in [0.717, 1.165) is 31.8 Å². The number of aryl methyl sites for hydroxylation is 1. The highest BCUT2D eigenvalue weighted by Crippen LogP contribution is 2.13. The van der Waals surface area contributed by atoms with Crippen molar-refractivity contribution in [2.45, 2.75) is 32.8 Å². The molecule has 1 aromatic heterocycles. The lowest BCUT2D eigenvalue weighted by atomic mass is 10.3. The van der Waals surface area contributed by atoms with E-state index in [2.05, 4.69) is 32.1 Å². The van der Waals surface area contributed by atoms with Crippen LogP contribution in [0.1, 0.15) is 26.1 Å². The molecule has 1 aromatic rings. The number of morpholine rings is 1. The minimum absolute atomic E-state index is 0.429. The van der Waals surface area contributed by atoms with Gasteiger partial charge < -0.3 is 20.1 Å². The topological polar surface area (TPSA) is 83.4 Å². The number of hydrogen-bond acceptors (Lipinski definition) is 7. The van der Waals surface area contributed by atoms with Crippen molar-refractivity contribution < 1.29 is 9.84 Å². The molecule has 1 fully saturated rings. The van der Waals surface area contributed by atoms with Crippen molar-refractivity contribution in [3.63, 3.8) is 0 Å². The Morgan fingerprint density at radius 1 is 1.30 bits per heavy atom. The first-order valence-electron chi connectivity index (χ1n) is 7.18. The van der Waals surface area contributed by atoms with E-state index in [9.17, 15) is 5.11 Å². The lowest BCUT2D eigenvalue weighted by Gasteiger charge is -2.27. The summed E-state index contributed by atoms with van der Waals surface area (Å²) in [6.45, 7) is 7.25. The maximum Gasteiger partial charge on any atom is 0.230 e. The zero-order chi connectivity index (χ0) is 14.4. The second kappa shape index (κ2) is 7.35. The van der Waals surface area contributed by atoms with Gasteiger partial charge in [-0.25, -0.2) is 0 Å². The molecule has 0 aromatic carbocycles. The highest BCUT2D eigenvalue weighted by molar-refractivity contribution is 5.37. The molecule has 0 amide bonds. The number of aliphatic hydroxyl groups excluding tert-OH is 1. The highest BCUT2D eigenvalue weighted by Gasteiger charge is 2.16. The minimum atomic E-state index is -0.437. The van der Waals surface area contributed by atoms with Crippen LogP contribution < -0.4 is 10.2 Å². The van der Waals surface area contributed by atoms with Crippen LogP contribution in [-0.4, -0.2) is 59.0 Å². The Balaban J connectivity index is 2.15. The number of aromatic nitrogens is 3. The average Bonchev–Trinajstić information content (AvgIpc) is 2.46. The fourth-order valence-corrected chi connectivity index (χ4v) is 1.97. The summed E-state index contributed by atoms with van der Waals surface area (Å²) in [7, 11) is 0. The molecule has 0 unspecified atom stereocenters. The summed E-state index contributed by atoms with van der Waals surface area (Å²) in [6, 6.07) is 0. The first-order valence-corrected chi connectivity index (χ1v) is 7.18. The molecule has 1 aliphatic heterocycles. The van der Waals surface area contributed by atoms with E-state index in [1.54, 1.807) is 6.92 Å². The third-order valence-corrected chi connectivity index (χ3v) is 2.99. The molecule has 20 heavy (non-hydrogen) atoms. The summed E-state index contributed by atoms with van der Waals surface area (Å²) in [5, 5.41) is 12.4. The molecule has 7 heteroatoms. The molecular formula is C13H23N5O2. The second-order valence-electron chi connectivity index (χ2n) is 4.95. The minimum Gasteiger partial charge on any atom is -0.392 e. The third kappa shape index (κ3) is 4.28. The van der Waals surface area contributed by atoms with Crippen LogP contribution in [0, 0.1) is 0 Å². The summed E-state index contributed by atoms with van der Waals surface area (Å²) >= 11 is 0.